The molecule has 2 fully saturated rings. The molecule has 3 heterocycles. The van der Waals surface area contributed by atoms with Crippen LogP contribution in [0.2, 0.25) is 0 Å². The van der Waals surface area contributed by atoms with E-state index < -0.39 is 11.6 Å². The second-order valence-electron chi connectivity index (χ2n) is 10.5. The maximum Gasteiger partial charge on any atom is 0.263 e. The van der Waals surface area contributed by atoms with E-state index in [4.69, 9.17) is 15.2 Å². The van der Waals surface area contributed by atoms with Crippen molar-refractivity contribution in [2.45, 2.75) is 45.3 Å². The van der Waals surface area contributed by atoms with Crippen molar-refractivity contribution in [2.75, 3.05) is 26.8 Å². The van der Waals surface area contributed by atoms with Crippen LogP contribution >= 0.6 is 11.3 Å². The molecule has 1 aromatic carbocycles. The van der Waals surface area contributed by atoms with Gasteiger partial charge in [-0.15, -0.1) is 11.3 Å². The Balaban J connectivity index is 1.49. The number of nitriles is 1. The molecular weight excluding hydrogens is 508 g/mol. The molecule has 1 amide bonds. The molecule has 2 N–H and O–H groups in total. The fourth-order valence-electron chi connectivity index (χ4n) is 5.85. The third kappa shape index (κ3) is 4.55. The predicted octanol–water partition coefficient (Wildman–Crippen LogP) is 5.70. The normalized spacial score (nSPS) is 24.9. The number of hydrogen-bond acceptors (Lipinski definition) is 6. The van der Waals surface area contributed by atoms with Gasteiger partial charge in [0.1, 0.15) is 5.83 Å². The van der Waals surface area contributed by atoms with Crippen molar-refractivity contribution >= 4 is 22.8 Å². The maximum atomic E-state index is 14.8. The SMILES string of the molecule is COc1ccc(-c2sc(C(=O)N3CCC4(CC3)COC(C)C4N)cc2C2=CC(F)=C(C#N)C(C)C2)cc1F. The first kappa shape index (κ1) is 26.5. The number of nitrogens with zero attached hydrogens (tertiary/aromatic N) is 2. The van der Waals surface area contributed by atoms with Crippen LogP contribution in [-0.2, 0) is 4.74 Å². The lowest BCUT2D eigenvalue weighted by atomic mass is 9.73. The molecule has 0 bridgehead atoms. The Morgan fingerprint density at radius 2 is 2.00 bits per heavy atom. The number of likely N-dealkylation sites (tertiary alicyclic amines) is 1. The number of rotatable bonds is 4. The molecule has 6 nitrogen and oxygen atoms in total. The van der Waals surface area contributed by atoms with Gasteiger partial charge in [-0.2, -0.15) is 5.26 Å². The highest BCUT2D eigenvalue weighted by molar-refractivity contribution is 7.17. The van der Waals surface area contributed by atoms with Crippen molar-refractivity contribution in [1.29, 1.82) is 5.26 Å². The number of carbonyl (C=O) groups is 1. The average Bonchev–Trinajstić information content (AvgIpc) is 3.47. The molecule has 2 aliphatic heterocycles. The van der Waals surface area contributed by atoms with Gasteiger partial charge in [0.05, 0.1) is 36.3 Å². The number of hydrogen-bond donors (Lipinski definition) is 1. The summed E-state index contributed by atoms with van der Waals surface area (Å²) in [7, 11) is 1.40. The highest BCUT2D eigenvalue weighted by atomic mass is 32.1. The molecule has 9 heteroatoms. The van der Waals surface area contributed by atoms with Gasteiger partial charge in [-0.05, 0) is 79.1 Å². The quantitative estimate of drug-likeness (QED) is 0.538. The number of amides is 1. The highest BCUT2D eigenvalue weighted by Gasteiger charge is 2.48. The van der Waals surface area contributed by atoms with E-state index in [-0.39, 0.29) is 40.7 Å². The molecule has 5 rings (SSSR count). The van der Waals surface area contributed by atoms with E-state index in [1.165, 1.54) is 30.6 Å². The van der Waals surface area contributed by atoms with E-state index >= 15 is 0 Å². The molecule has 3 atom stereocenters. The standard InChI is InChI=1S/C29H31F2N3O3S/c1-16-10-19(12-22(30)21(16)14-32)20-13-25(38-26(20)18-4-5-24(36-3)23(31)11-18)28(35)34-8-6-29(7-9-34)15-37-17(2)27(29)33/h4-5,11-13,16-17,27H,6-10,15,33H2,1-3H3. The number of allylic oxidation sites excluding steroid dienone is 4. The van der Waals surface area contributed by atoms with E-state index in [0.29, 0.717) is 52.6 Å². The lowest BCUT2D eigenvalue weighted by Crippen LogP contribution is -2.51. The number of methoxy groups -OCH3 is 1. The summed E-state index contributed by atoms with van der Waals surface area (Å²) >= 11 is 1.27. The number of benzene rings is 1. The fourth-order valence-corrected chi connectivity index (χ4v) is 7.01. The van der Waals surface area contributed by atoms with Crippen LogP contribution in [0.15, 0.2) is 41.7 Å². The minimum atomic E-state index is -0.571. The summed E-state index contributed by atoms with van der Waals surface area (Å²) in [6.07, 6.45) is 3.36. The third-order valence-corrected chi connectivity index (χ3v) is 9.47. The zero-order chi connectivity index (χ0) is 27.2. The minimum Gasteiger partial charge on any atom is -0.494 e. The first-order valence-electron chi connectivity index (χ1n) is 12.8. The van der Waals surface area contributed by atoms with E-state index in [1.54, 1.807) is 25.1 Å². The van der Waals surface area contributed by atoms with Crippen LogP contribution in [0, 0.1) is 28.5 Å². The topological polar surface area (TPSA) is 88.6 Å². The fraction of sp³-hybridized carbons (Fsp3) is 0.448. The Morgan fingerprint density at radius 1 is 1.26 bits per heavy atom. The molecule has 3 unspecified atom stereocenters. The average molecular weight is 540 g/mol. The zero-order valence-corrected chi connectivity index (χ0v) is 22.5. The van der Waals surface area contributed by atoms with Gasteiger partial charge in [0.2, 0.25) is 0 Å². The van der Waals surface area contributed by atoms with Crippen LogP contribution in [0.1, 0.15) is 48.3 Å². The largest absolute Gasteiger partial charge is 0.494 e. The summed E-state index contributed by atoms with van der Waals surface area (Å²) in [6.45, 7) is 5.56. The summed E-state index contributed by atoms with van der Waals surface area (Å²) < 4.78 is 40.3. The lowest BCUT2D eigenvalue weighted by Gasteiger charge is -2.41. The van der Waals surface area contributed by atoms with Gasteiger partial charge < -0.3 is 20.1 Å². The number of halogens is 2. The Labute approximate surface area is 225 Å². The summed E-state index contributed by atoms with van der Waals surface area (Å²) in [4.78, 5) is 16.7. The van der Waals surface area contributed by atoms with Crippen LogP contribution in [0.25, 0.3) is 16.0 Å². The molecule has 2 saturated heterocycles. The molecule has 3 aliphatic rings. The molecule has 1 spiro atoms. The monoisotopic (exact) mass is 539 g/mol. The molecule has 38 heavy (non-hydrogen) atoms. The third-order valence-electron chi connectivity index (χ3n) is 8.29. The zero-order valence-electron chi connectivity index (χ0n) is 21.7. The Bertz CT molecular complexity index is 1370. The summed E-state index contributed by atoms with van der Waals surface area (Å²) in [5, 5.41) is 9.34. The molecule has 2 aromatic rings. The number of thiophene rings is 1. The Kier molecular flexibility index (Phi) is 7.16. The van der Waals surface area contributed by atoms with Gasteiger partial charge in [0, 0.05) is 29.4 Å². The molecule has 0 radical (unpaired) electrons. The second-order valence-corrected chi connectivity index (χ2v) is 11.6. The number of ether oxygens (including phenoxy) is 2. The van der Waals surface area contributed by atoms with Gasteiger partial charge in [-0.3, -0.25) is 4.79 Å². The maximum absolute atomic E-state index is 14.8. The minimum absolute atomic E-state index is 0.00621. The summed E-state index contributed by atoms with van der Waals surface area (Å²) in [5.74, 6) is -1.39. The van der Waals surface area contributed by atoms with Crippen LogP contribution in [-0.4, -0.2) is 49.8 Å². The van der Waals surface area contributed by atoms with E-state index in [0.717, 1.165) is 12.8 Å². The van der Waals surface area contributed by atoms with Gasteiger partial charge in [-0.25, -0.2) is 8.78 Å². The first-order valence-corrected chi connectivity index (χ1v) is 13.6. The van der Waals surface area contributed by atoms with Crippen LogP contribution in [0.4, 0.5) is 8.78 Å². The number of piperidine rings is 1. The van der Waals surface area contributed by atoms with Crippen molar-refractivity contribution in [1.82, 2.24) is 4.90 Å². The van der Waals surface area contributed by atoms with Crippen molar-refractivity contribution < 1.29 is 23.0 Å². The van der Waals surface area contributed by atoms with Crippen molar-refractivity contribution in [2.24, 2.45) is 17.1 Å². The Hall–Kier alpha value is -3.06. The molecule has 1 aromatic heterocycles. The van der Waals surface area contributed by atoms with Crippen molar-refractivity contribution in [3.63, 3.8) is 0 Å². The van der Waals surface area contributed by atoms with Crippen LogP contribution in [0.5, 0.6) is 5.75 Å². The smallest absolute Gasteiger partial charge is 0.263 e. The number of carbonyl (C=O) groups excluding carboxylic acids is 1. The molecule has 1 aliphatic carbocycles. The van der Waals surface area contributed by atoms with Crippen molar-refractivity contribution in [3.8, 4) is 22.3 Å². The van der Waals surface area contributed by atoms with Gasteiger partial charge >= 0.3 is 0 Å². The predicted molar refractivity (Wildman–Crippen MR) is 143 cm³/mol. The van der Waals surface area contributed by atoms with Gasteiger partial charge in [-0.1, -0.05) is 6.92 Å². The summed E-state index contributed by atoms with van der Waals surface area (Å²) in [6, 6.07) is 8.33. The second kappa shape index (κ2) is 10.3. The Morgan fingerprint density at radius 3 is 2.58 bits per heavy atom. The van der Waals surface area contributed by atoms with E-state index in [1.807, 2.05) is 17.9 Å². The summed E-state index contributed by atoms with van der Waals surface area (Å²) in [5.41, 5.74) is 8.38. The van der Waals surface area contributed by atoms with E-state index in [2.05, 4.69) is 0 Å². The van der Waals surface area contributed by atoms with Crippen LogP contribution < -0.4 is 10.5 Å². The van der Waals surface area contributed by atoms with E-state index in [9.17, 15) is 18.8 Å². The van der Waals surface area contributed by atoms with Crippen LogP contribution in [0.3, 0.4) is 0 Å². The highest BCUT2D eigenvalue weighted by Crippen LogP contribution is 2.45. The molecular formula is C29H31F2N3O3S. The molecule has 0 saturated carbocycles. The molecule has 200 valence electrons. The van der Waals surface area contributed by atoms with Crippen molar-refractivity contribution in [3.05, 3.63) is 58.0 Å². The van der Waals surface area contributed by atoms with Gasteiger partial charge in [0.25, 0.3) is 5.91 Å². The lowest BCUT2D eigenvalue weighted by molar-refractivity contribution is 0.0497. The number of nitrogens with two attached hydrogens (primary N) is 1. The first-order chi connectivity index (χ1) is 18.2. The van der Waals surface area contributed by atoms with Gasteiger partial charge in [0.15, 0.2) is 11.6 Å².